The number of aromatic nitrogens is 1. The van der Waals surface area contributed by atoms with Crippen molar-refractivity contribution >= 4 is 40.5 Å². The summed E-state index contributed by atoms with van der Waals surface area (Å²) in [6.07, 6.45) is 1.20. The van der Waals surface area contributed by atoms with Gasteiger partial charge >= 0.3 is 5.69 Å². The van der Waals surface area contributed by atoms with Crippen molar-refractivity contribution in [1.82, 2.24) is 4.98 Å². The molecule has 1 heterocycles. The Kier molecular flexibility index (Phi) is 4.35. The molecule has 108 valence electrons. The maximum atomic E-state index is 13.4. The van der Waals surface area contributed by atoms with Crippen molar-refractivity contribution in [2.45, 2.75) is 0 Å². The second kappa shape index (κ2) is 6.02. The van der Waals surface area contributed by atoms with Crippen molar-refractivity contribution in [3.63, 3.8) is 0 Å². The standard InChI is InChI=1S/C12H6Cl2FN3O3/c13-8-3-6(5-16-11(8)14)12(19)17-7-1-2-10(18(20)21)9(15)4-7/h1-5H,(H,17,19). The van der Waals surface area contributed by atoms with Crippen LogP contribution in [0, 0.1) is 15.9 Å². The van der Waals surface area contributed by atoms with E-state index in [1.807, 2.05) is 0 Å². The Morgan fingerprint density at radius 1 is 1.33 bits per heavy atom. The Morgan fingerprint density at radius 3 is 2.62 bits per heavy atom. The number of halogens is 3. The van der Waals surface area contributed by atoms with Crippen LogP contribution in [0.5, 0.6) is 0 Å². The smallest absolute Gasteiger partial charge is 0.304 e. The molecule has 1 N–H and O–H groups in total. The van der Waals surface area contributed by atoms with Crippen molar-refractivity contribution in [2.24, 2.45) is 0 Å². The average Bonchev–Trinajstić information content (AvgIpc) is 2.41. The van der Waals surface area contributed by atoms with Crippen molar-refractivity contribution in [3.8, 4) is 0 Å². The van der Waals surface area contributed by atoms with Gasteiger partial charge in [0.05, 0.1) is 15.5 Å². The maximum Gasteiger partial charge on any atom is 0.304 e. The van der Waals surface area contributed by atoms with Gasteiger partial charge in [0, 0.05) is 24.0 Å². The van der Waals surface area contributed by atoms with Crippen LogP contribution in [-0.2, 0) is 0 Å². The summed E-state index contributed by atoms with van der Waals surface area (Å²) < 4.78 is 13.4. The number of benzene rings is 1. The fourth-order valence-corrected chi connectivity index (χ4v) is 1.75. The lowest BCUT2D eigenvalue weighted by Crippen LogP contribution is -2.12. The Hall–Kier alpha value is -2.25. The normalized spacial score (nSPS) is 10.2. The van der Waals surface area contributed by atoms with Crippen LogP contribution in [0.1, 0.15) is 10.4 Å². The zero-order chi connectivity index (χ0) is 15.6. The number of nitrogens with one attached hydrogen (secondary N) is 1. The van der Waals surface area contributed by atoms with Gasteiger partial charge in [0.25, 0.3) is 5.91 Å². The molecule has 0 aliphatic heterocycles. The zero-order valence-electron chi connectivity index (χ0n) is 10.1. The fraction of sp³-hybridized carbons (Fsp3) is 0. The number of nitrogens with zero attached hydrogens (tertiary/aromatic N) is 2. The second-order valence-corrected chi connectivity index (χ2v) is 4.64. The number of rotatable bonds is 3. The largest absolute Gasteiger partial charge is 0.322 e. The average molecular weight is 330 g/mol. The predicted octanol–water partition coefficient (Wildman–Crippen LogP) is 3.69. The molecule has 0 bridgehead atoms. The molecule has 0 aliphatic carbocycles. The number of nitro benzene ring substituents is 1. The molecular formula is C12H6Cl2FN3O3. The molecule has 0 saturated carbocycles. The van der Waals surface area contributed by atoms with Crippen LogP contribution in [0.15, 0.2) is 30.5 Å². The molecule has 0 spiro atoms. The molecule has 21 heavy (non-hydrogen) atoms. The molecule has 0 saturated heterocycles. The van der Waals surface area contributed by atoms with Gasteiger partial charge in [0.2, 0.25) is 5.82 Å². The predicted molar refractivity (Wildman–Crippen MR) is 75.3 cm³/mol. The quantitative estimate of drug-likeness (QED) is 0.528. The van der Waals surface area contributed by atoms with Gasteiger partial charge < -0.3 is 5.32 Å². The highest BCUT2D eigenvalue weighted by Gasteiger charge is 2.15. The van der Waals surface area contributed by atoms with E-state index >= 15 is 0 Å². The van der Waals surface area contributed by atoms with E-state index < -0.39 is 22.3 Å². The molecule has 0 unspecified atom stereocenters. The van der Waals surface area contributed by atoms with Gasteiger partial charge in [-0.15, -0.1) is 0 Å². The van der Waals surface area contributed by atoms with Crippen LogP contribution in [-0.4, -0.2) is 15.8 Å². The van der Waals surface area contributed by atoms with Gasteiger partial charge in [-0.25, -0.2) is 4.98 Å². The van der Waals surface area contributed by atoms with E-state index in [1.165, 1.54) is 18.3 Å². The Morgan fingerprint density at radius 2 is 2.05 bits per heavy atom. The molecule has 0 radical (unpaired) electrons. The Labute approximate surface area is 127 Å². The SMILES string of the molecule is O=C(Nc1ccc([N+](=O)[O-])c(F)c1)c1cnc(Cl)c(Cl)c1. The number of pyridine rings is 1. The van der Waals surface area contributed by atoms with E-state index in [2.05, 4.69) is 10.3 Å². The van der Waals surface area contributed by atoms with E-state index in [1.54, 1.807) is 0 Å². The van der Waals surface area contributed by atoms with E-state index in [4.69, 9.17) is 23.2 Å². The first-order valence-electron chi connectivity index (χ1n) is 5.45. The molecule has 0 aliphatic rings. The first-order chi connectivity index (χ1) is 9.88. The second-order valence-electron chi connectivity index (χ2n) is 3.87. The lowest BCUT2D eigenvalue weighted by Gasteiger charge is -2.06. The maximum absolute atomic E-state index is 13.4. The zero-order valence-corrected chi connectivity index (χ0v) is 11.7. The number of carbonyl (C=O) groups is 1. The molecule has 9 heteroatoms. The monoisotopic (exact) mass is 329 g/mol. The molecule has 1 amide bonds. The summed E-state index contributed by atoms with van der Waals surface area (Å²) in [7, 11) is 0. The summed E-state index contributed by atoms with van der Waals surface area (Å²) >= 11 is 11.4. The van der Waals surface area contributed by atoms with Gasteiger partial charge in [-0.3, -0.25) is 14.9 Å². The van der Waals surface area contributed by atoms with E-state index in [0.717, 1.165) is 12.1 Å². The van der Waals surface area contributed by atoms with Crippen molar-refractivity contribution < 1.29 is 14.1 Å². The van der Waals surface area contributed by atoms with Crippen LogP contribution in [0.25, 0.3) is 0 Å². The molecule has 1 aromatic carbocycles. The molecule has 0 fully saturated rings. The number of hydrogen-bond acceptors (Lipinski definition) is 4. The minimum Gasteiger partial charge on any atom is -0.322 e. The number of anilines is 1. The third-order valence-electron chi connectivity index (χ3n) is 2.46. The summed E-state index contributed by atoms with van der Waals surface area (Å²) in [5, 5.41) is 13.0. The topological polar surface area (TPSA) is 85.1 Å². The number of carbonyl (C=O) groups excluding carboxylic acids is 1. The van der Waals surface area contributed by atoms with Crippen LogP contribution in [0.3, 0.4) is 0 Å². The molecule has 6 nitrogen and oxygen atoms in total. The summed E-state index contributed by atoms with van der Waals surface area (Å²) in [6, 6.07) is 4.32. The van der Waals surface area contributed by atoms with Crippen LogP contribution < -0.4 is 5.32 Å². The number of hydrogen-bond donors (Lipinski definition) is 1. The van der Waals surface area contributed by atoms with Gasteiger partial charge in [0.15, 0.2) is 0 Å². The highest BCUT2D eigenvalue weighted by Crippen LogP contribution is 2.23. The van der Waals surface area contributed by atoms with Crippen molar-refractivity contribution in [2.75, 3.05) is 5.32 Å². The number of nitro groups is 1. The number of amides is 1. The summed E-state index contributed by atoms with van der Waals surface area (Å²) in [5.41, 5.74) is -0.499. The fourth-order valence-electron chi connectivity index (χ4n) is 1.48. The highest BCUT2D eigenvalue weighted by atomic mass is 35.5. The third kappa shape index (κ3) is 3.45. The lowest BCUT2D eigenvalue weighted by molar-refractivity contribution is -0.387. The van der Waals surface area contributed by atoms with Crippen LogP contribution >= 0.6 is 23.2 Å². The summed E-state index contributed by atoms with van der Waals surface area (Å²) in [4.78, 5) is 25.2. The summed E-state index contributed by atoms with van der Waals surface area (Å²) in [6.45, 7) is 0. The van der Waals surface area contributed by atoms with E-state index in [-0.39, 0.29) is 21.4 Å². The van der Waals surface area contributed by atoms with Crippen LogP contribution in [0.4, 0.5) is 15.8 Å². The first kappa shape index (κ1) is 15.1. The van der Waals surface area contributed by atoms with E-state index in [9.17, 15) is 19.3 Å². The third-order valence-corrected chi connectivity index (χ3v) is 3.15. The van der Waals surface area contributed by atoms with Crippen LogP contribution in [0.2, 0.25) is 10.2 Å². The molecule has 0 atom stereocenters. The van der Waals surface area contributed by atoms with Gasteiger partial charge in [-0.2, -0.15) is 4.39 Å². The molecule has 1 aromatic heterocycles. The summed E-state index contributed by atoms with van der Waals surface area (Å²) in [5.74, 6) is -1.65. The Bertz CT molecular complexity index is 740. The Balaban J connectivity index is 2.21. The molecule has 2 rings (SSSR count). The minimum absolute atomic E-state index is 0.0506. The van der Waals surface area contributed by atoms with Gasteiger partial charge in [0.1, 0.15) is 5.15 Å². The molecular weight excluding hydrogens is 324 g/mol. The van der Waals surface area contributed by atoms with E-state index in [0.29, 0.717) is 0 Å². The van der Waals surface area contributed by atoms with Crippen molar-refractivity contribution in [1.29, 1.82) is 0 Å². The highest BCUT2D eigenvalue weighted by molar-refractivity contribution is 6.41. The van der Waals surface area contributed by atoms with Gasteiger partial charge in [-0.1, -0.05) is 23.2 Å². The van der Waals surface area contributed by atoms with Crippen molar-refractivity contribution in [3.05, 3.63) is 62.1 Å². The first-order valence-corrected chi connectivity index (χ1v) is 6.20. The van der Waals surface area contributed by atoms with Gasteiger partial charge in [-0.05, 0) is 12.1 Å². The lowest BCUT2D eigenvalue weighted by atomic mass is 10.2. The molecule has 2 aromatic rings. The minimum atomic E-state index is -1.05.